The van der Waals surface area contributed by atoms with Crippen LogP contribution >= 0.6 is 0 Å². The van der Waals surface area contributed by atoms with Gasteiger partial charge in [-0.25, -0.2) is 0 Å². The van der Waals surface area contributed by atoms with Gasteiger partial charge in [0.2, 0.25) is 0 Å². The number of benzene rings is 1. The Morgan fingerprint density at radius 3 is 2.27 bits per heavy atom. The molecule has 0 aromatic heterocycles. The molecule has 0 amide bonds. The van der Waals surface area contributed by atoms with Crippen LogP contribution in [0.4, 0.5) is 18.9 Å². The van der Waals surface area contributed by atoms with Crippen LogP contribution in [0, 0.1) is 45.1 Å². The van der Waals surface area contributed by atoms with Gasteiger partial charge in [0.1, 0.15) is 5.41 Å². The number of nitrogens with zero attached hydrogens (tertiary/aromatic N) is 3. The second-order valence-corrected chi connectivity index (χ2v) is 4.98. The van der Waals surface area contributed by atoms with Crippen molar-refractivity contribution in [1.82, 2.24) is 0 Å². The molecule has 0 unspecified atom stereocenters. The van der Waals surface area contributed by atoms with Gasteiger partial charge >= 0.3 is 6.18 Å². The number of halogens is 3. The van der Waals surface area contributed by atoms with Crippen LogP contribution in [0.1, 0.15) is 24.0 Å². The zero-order chi connectivity index (χ0) is 17.0. The molecule has 0 spiro atoms. The van der Waals surface area contributed by atoms with Gasteiger partial charge < -0.3 is 0 Å². The monoisotopic (exact) mass is 311 g/mol. The summed E-state index contributed by atoms with van der Waals surface area (Å²) in [7, 11) is 0. The van der Waals surface area contributed by atoms with Crippen molar-refractivity contribution in [3.63, 3.8) is 0 Å². The second-order valence-electron chi connectivity index (χ2n) is 4.98. The molecule has 22 heavy (non-hydrogen) atoms. The third kappa shape index (κ3) is 4.45. The third-order valence-electron chi connectivity index (χ3n) is 3.24. The predicted molar refractivity (Wildman–Crippen MR) is 70.5 cm³/mol. The maximum Gasteiger partial charge on any atom is 0.389 e. The molecule has 0 bridgehead atoms. The minimum Gasteiger partial charge on any atom is -0.258 e. The van der Waals surface area contributed by atoms with E-state index in [0.717, 1.165) is 0 Å². The van der Waals surface area contributed by atoms with Gasteiger partial charge in [-0.2, -0.15) is 23.7 Å². The maximum absolute atomic E-state index is 12.3. The molecule has 0 aliphatic rings. The molecular formula is C14H12F3N3O2. The van der Waals surface area contributed by atoms with Gasteiger partial charge in [0.25, 0.3) is 5.69 Å². The van der Waals surface area contributed by atoms with Gasteiger partial charge in [0.05, 0.1) is 17.1 Å². The van der Waals surface area contributed by atoms with Crippen LogP contribution < -0.4 is 0 Å². The van der Waals surface area contributed by atoms with Crippen molar-refractivity contribution in [2.75, 3.05) is 0 Å². The van der Waals surface area contributed by atoms with Crippen LogP contribution in [0.25, 0.3) is 0 Å². The van der Waals surface area contributed by atoms with Gasteiger partial charge in [0.15, 0.2) is 0 Å². The van der Waals surface area contributed by atoms with E-state index in [-0.39, 0.29) is 17.7 Å². The van der Waals surface area contributed by atoms with Gasteiger partial charge in [-0.1, -0.05) is 12.1 Å². The van der Waals surface area contributed by atoms with Crippen LogP contribution in [-0.2, 0) is 6.42 Å². The van der Waals surface area contributed by atoms with Crippen LogP contribution in [0.2, 0.25) is 0 Å². The molecule has 1 aromatic carbocycles. The summed E-state index contributed by atoms with van der Waals surface area (Å²) >= 11 is 0. The minimum atomic E-state index is -4.47. The van der Waals surface area contributed by atoms with Gasteiger partial charge in [0, 0.05) is 24.5 Å². The van der Waals surface area contributed by atoms with Crippen LogP contribution in [0.15, 0.2) is 18.2 Å². The first-order chi connectivity index (χ1) is 10.1. The summed E-state index contributed by atoms with van der Waals surface area (Å²) in [6, 6.07) is 7.34. The lowest BCUT2D eigenvalue weighted by Gasteiger charge is -2.19. The summed E-state index contributed by atoms with van der Waals surface area (Å²) in [5, 5.41) is 29.1. The average Bonchev–Trinajstić information content (AvgIpc) is 2.44. The SMILES string of the molecule is Cc1ccc(CC(C#N)(C#N)CCC(F)(F)F)cc1[N+](=O)[O-]. The Kier molecular flexibility index (Phi) is 5.10. The van der Waals surface area contributed by atoms with E-state index >= 15 is 0 Å². The summed E-state index contributed by atoms with van der Waals surface area (Å²) in [4.78, 5) is 10.2. The fourth-order valence-corrected chi connectivity index (χ4v) is 1.97. The van der Waals surface area contributed by atoms with Crippen molar-refractivity contribution in [3.05, 3.63) is 39.4 Å². The first-order valence-corrected chi connectivity index (χ1v) is 6.26. The van der Waals surface area contributed by atoms with E-state index in [2.05, 4.69) is 0 Å². The highest BCUT2D eigenvalue weighted by atomic mass is 19.4. The number of hydrogen-bond donors (Lipinski definition) is 0. The quantitative estimate of drug-likeness (QED) is 0.610. The lowest BCUT2D eigenvalue weighted by atomic mass is 9.80. The fraction of sp³-hybridized carbons (Fsp3) is 0.429. The zero-order valence-electron chi connectivity index (χ0n) is 11.6. The molecule has 0 heterocycles. The largest absolute Gasteiger partial charge is 0.389 e. The molecule has 5 nitrogen and oxygen atoms in total. The van der Waals surface area contributed by atoms with E-state index in [1.165, 1.54) is 25.1 Å². The Labute approximate surface area is 124 Å². The van der Waals surface area contributed by atoms with Crippen molar-refractivity contribution >= 4 is 5.69 Å². The molecule has 0 saturated carbocycles. The number of nitro groups is 1. The van der Waals surface area contributed by atoms with Gasteiger partial charge in [-0.15, -0.1) is 0 Å². The zero-order valence-corrected chi connectivity index (χ0v) is 11.6. The Hall–Kier alpha value is -2.61. The Morgan fingerprint density at radius 1 is 1.23 bits per heavy atom. The topological polar surface area (TPSA) is 90.7 Å². The van der Waals surface area contributed by atoms with Gasteiger partial charge in [-0.3, -0.25) is 10.1 Å². The van der Waals surface area contributed by atoms with Crippen LogP contribution in [0.3, 0.4) is 0 Å². The van der Waals surface area contributed by atoms with Crippen LogP contribution in [0.5, 0.6) is 0 Å². The van der Waals surface area contributed by atoms with Crippen molar-refractivity contribution in [1.29, 1.82) is 10.5 Å². The molecular weight excluding hydrogens is 299 g/mol. The second kappa shape index (κ2) is 6.44. The minimum absolute atomic E-state index is 0.196. The molecule has 0 N–H and O–H groups in total. The maximum atomic E-state index is 12.3. The summed E-state index contributed by atoms with van der Waals surface area (Å²) in [6.45, 7) is 1.52. The molecule has 0 aliphatic carbocycles. The highest BCUT2D eigenvalue weighted by Crippen LogP contribution is 2.34. The van der Waals surface area contributed by atoms with E-state index in [1.807, 2.05) is 0 Å². The number of nitriles is 2. The number of aryl methyl sites for hydroxylation is 1. The van der Waals surface area contributed by atoms with E-state index in [0.29, 0.717) is 5.56 Å². The number of rotatable bonds is 5. The van der Waals surface area contributed by atoms with Crippen molar-refractivity contribution < 1.29 is 18.1 Å². The highest BCUT2D eigenvalue weighted by Gasteiger charge is 2.37. The number of hydrogen-bond acceptors (Lipinski definition) is 4. The fourth-order valence-electron chi connectivity index (χ4n) is 1.97. The summed E-state index contributed by atoms with van der Waals surface area (Å²) in [5.41, 5.74) is -1.39. The van der Waals surface area contributed by atoms with E-state index < -0.39 is 29.4 Å². The molecule has 0 saturated heterocycles. The van der Waals surface area contributed by atoms with Crippen LogP contribution in [-0.4, -0.2) is 11.1 Å². The van der Waals surface area contributed by atoms with E-state index in [9.17, 15) is 23.3 Å². The average molecular weight is 311 g/mol. The smallest absolute Gasteiger partial charge is 0.258 e. The third-order valence-corrected chi connectivity index (χ3v) is 3.24. The highest BCUT2D eigenvalue weighted by molar-refractivity contribution is 5.43. The molecule has 116 valence electrons. The van der Waals surface area contributed by atoms with Crippen molar-refractivity contribution in [3.8, 4) is 12.1 Å². The lowest BCUT2D eigenvalue weighted by Crippen LogP contribution is -2.23. The molecule has 1 aromatic rings. The number of nitro benzene ring substituents is 1. The first-order valence-electron chi connectivity index (χ1n) is 6.26. The normalized spacial score (nSPS) is 11.5. The Bertz CT molecular complexity index is 643. The summed E-state index contributed by atoms with van der Waals surface area (Å²) in [6.07, 6.45) is -6.71. The summed E-state index contributed by atoms with van der Waals surface area (Å²) in [5.74, 6) is 0. The van der Waals surface area contributed by atoms with E-state index in [1.54, 1.807) is 12.1 Å². The Balaban J connectivity index is 3.07. The standard InChI is InChI=1S/C14H12F3N3O2/c1-10-2-3-11(6-12(10)20(21)22)7-13(8-18,9-19)4-5-14(15,16)17/h2-3,6H,4-5,7H2,1H3. The molecule has 0 radical (unpaired) electrons. The Morgan fingerprint density at radius 2 is 1.82 bits per heavy atom. The molecule has 0 aliphatic heterocycles. The van der Waals surface area contributed by atoms with Crippen molar-refractivity contribution in [2.24, 2.45) is 5.41 Å². The van der Waals surface area contributed by atoms with Crippen molar-refractivity contribution in [2.45, 2.75) is 32.4 Å². The number of alkyl halides is 3. The van der Waals surface area contributed by atoms with E-state index in [4.69, 9.17) is 10.5 Å². The molecule has 1 rings (SSSR count). The molecule has 0 fully saturated rings. The lowest BCUT2D eigenvalue weighted by molar-refractivity contribution is -0.385. The predicted octanol–water partition coefficient (Wildman–Crippen LogP) is 3.82. The van der Waals surface area contributed by atoms with Gasteiger partial charge in [-0.05, 0) is 18.9 Å². The molecule has 8 heteroatoms. The summed E-state index contributed by atoms with van der Waals surface area (Å²) < 4.78 is 36.9. The first kappa shape index (κ1) is 17.4. The molecule has 0 atom stereocenters.